The number of alkyl carbamates (subject to hydrolysis) is 1. The first-order valence-corrected chi connectivity index (χ1v) is 12.6. The fourth-order valence-electron chi connectivity index (χ4n) is 6.27. The van der Waals surface area contributed by atoms with Crippen LogP contribution < -0.4 is 5.32 Å². The molecule has 7 nitrogen and oxygen atoms in total. The molecular formula is C28H30N2O5. The van der Waals surface area contributed by atoms with Gasteiger partial charge in [-0.2, -0.15) is 0 Å². The maximum Gasteiger partial charge on any atom is 0.407 e. The Bertz CT molecular complexity index is 1130. The van der Waals surface area contributed by atoms with E-state index >= 15 is 0 Å². The second-order valence-corrected chi connectivity index (χ2v) is 10.4. The van der Waals surface area contributed by atoms with Gasteiger partial charge in [-0.25, -0.2) is 4.79 Å². The first kappa shape index (κ1) is 22.1. The topological polar surface area (TPSA) is 95.9 Å². The van der Waals surface area contributed by atoms with Crippen molar-refractivity contribution >= 4 is 18.0 Å². The van der Waals surface area contributed by atoms with Gasteiger partial charge in [-0.15, -0.1) is 0 Å². The smallest absolute Gasteiger partial charge is 0.407 e. The van der Waals surface area contributed by atoms with Crippen LogP contribution in [0.3, 0.4) is 0 Å². The number of nitrogens with one attached hydrogen (secondary N) is 1. The maximum atomic E-state index is 13.0. The van der Waals surface area contributed by atoms with E-state index in [9.17, 15) is 19.5 Å². The van der Waals surface area contributed by atoms with Crippen molar-refractivity contribution in [1.82, 2.24) is 10.2 Å². The van der Waals surface area contributed by atoms with Crippen molar-refractivity contribution in [2.45, 2.75) is 37.6 Å². The van der Waals surface area contributed by atoms with Crippen LogP contribution in [-0.4, -0.2) is 53.7 Å². The normalized spacial score (nSPS) is 25.1. The molecule has 3 aliphatic carbocycles. The molecular weight excluding hydrogens is 444 g/mol. The Morgan fingerprint density at radius 2 is 1.63 bits per heavy atom. The highest BCUT2D eigenvalue weighted by atomic mass is 16.5. The van der Waals surface area contributed by atoms with Crippen molar-refractivity contribution < 1.29 is 24.2 Å². The fourth-order valence-corrected chi connectivity index (χ4v) is 6.27. The molecule has 35 heavy (non-hydrogen) atoms. The number of carbonyl (C=O) groups excluding carboxylic acids is 2. The zero-order chi connectivity index (χ0) is 24.1. The third kappa shape index (κ3) is 4.17. The Morgan fingerprint density at radius 3 is 2.26 bits per heavy atom. The molecule has 3 fully saturated rings. The third-order valence-electron chi connectivity index (χ3n) is 8.37. The molecule has 6 rings (SSSR count). The number of likely N-dealkylation sites (tertiary alicyclic amines) is 1. The molecule has 182 valence electrons. The van der Waals surface area contributed by atoms with E-state index in [1.54, 1.807) is 4.90 Å². The number of benzene rings is 2. The summed E-state index contributed by atoms with van der Waals surface area (Å²) in [5, 5.41) is 12.3. The summed E-state index contributed by atoms with van der Waals surface area (Å²) in [5.41, 5.74) is 4.70. The molecule has 0 radical (unpaired) electrons. The first-order valence-electron chi connectivity index (χ1n) is 12.6. The summed E-state index contributed by atoms with van der Waals surface area (Å²) < 4.78 is 5.70. The number of aliphatic carboxylic acids is 1. The van der Waals surface area contributed by atoms with Gasteiger partial charge in [0.05, 0.1) is 5.92 Å². The van der Waals surface area contributed by atoms with E-state index in [-0.39, 0.29) is 48.6 Å². The van der Waals surface area contributed by atoms with Crippen LogP contribution in [0.4, 0.5) is 4.79 Å². The Morgan fingerprint density at radius 1 is 0.971 bits per heavy atom. The predicted molar refractivity (Wildman–Crippen MR) is 129 cm³/mol. The van der Waals surface area contributed by atoms with Crippen LogP contribution in [-0.2, 0) is 14.3 Å². The minimum Gasteiger partial charge on any atom is -0.481 e. The molecule has 2 N–H and O–H groups in total. The molecule has 0 aromatic heterocycles. The molecule has 2 saturated carbocycles. The number of carboxylic acids is 1. The molecule has 0 spiro atoms. The van der Waals surface area contributed by atoms with E-state index in [0.717, 1.165) is 19.3 Å². The summed E-state index contributed by atoms with van der Waals surface area (Å²) in [5.74, 6) is -0.460. The molecule has 0 bridgehead atoms. The van der Waals surface area contributed by atoms with Crippen LogP contribution in [0.2, 0.25) is 0 Å². The average Bonchev–Trinajstić information content (AvgIpc) is 3.78. The second kappa shape index (κ2) is 8.70. The standard InChI is InChI=1S/C28H30N2O5/c31-25(30-12-11-21-22(14-30)26(21)27(32)33)13-24(16-9-10-16)29-28(34)35-15-23-19-7-3-1-5-17(19)18-6-2-4-8-20(18)23/h1-8,16,21-24,26H,9-15H2,(H,29,34)(H,32,33). The number of carboxylic acid groups (broad SMARTS) is 1. The van der Waals surface area contributed by atoms with Crippen LogP contribution in [0.5, 0.6) is 0 Å². The summed E-state index contributed by atoms with van der Waals surface area (Å²) in [6.45, 7) is 1.37. The lowest BCUT2D eigenvalue weighted by Crippen LogP contribution is -2.44. The number of ether oxygens (including phenoxy) is 1. The van der Waals surface area contributed by atoms with Crippen molar-refractivity contribution in [3.8, 4) is 11.1 Å². The van der Waals surface area contributed by atoms with Gasteiger partial charge in [-0.05, 0) is 59.3 Å². The number of hydrogen-bond acceptors (Lipinski definition) is 4. The van der Waals surface area contributed by atoms with Crippen molar-refractivity contribution in [3.05, 3.63) is 59.7 Å². The number of nitrogens with zero attached hydrogens (tertiary/aromatic N) is 1. The first-order chi connectivity index (χ1) is 17.0. The highest BCUT2D eigenvalue weighted by Gasteiger charge is 2.57. The maximum absolute atomic E-state index is 13.0. The molecule has 7 heteroatoms. The van der Waals surface area contributed by atoms with Crippen LogP contribution >= 0.6 is 0 Å². The molecule has 2 aromatic rings. The van der Waals surface area contributed by atoms with Crippen LogP contribution in [0.1, 0.15) is 42.7 Å². The highest BCUT2D eigenvalue weighted by molar-refractivity contribution is 5.80. The quantitative estimate of drug-likeness (QED) is 0.635. The van der Waals surface area contributed by atoms with E-state index in [4.69, 9.17) is 4.74 Å². The van der Waals surface area contributed by atoms with Gasteiger partial charge in [0.1, 0.15) is 6.61 Å². The number of carbonyl (C=O) groups is 3. The van der Waals surface area contributed by atoms with Gasteiger partial charge in [0.25, 0.3) is 0 Å². The lowest BCUT2D eigenvalue weighted by molar-refractivity contribution is -0.139. The zero-order valence-corrected chi connectivity index (χ0v) is 19.6. The Labute approximate surface area is 204 Å². The van der Waals surface area contributed by atoms with Crippen molar-refractivity contribution in [2.75, 3.05) is 19.7 Å². The molecule has 1 heterocycles. The van der Waals surface area contributed by atoms with Gasteiger partial charge in [0.2, 0.25) is 5.91 Å². The van der Waals surface area contributed by atoms with Gasteiger partial charge in [-0.1, -0.05) is 48.5 Å². The van der Waals surface area contributed by atoms with E-state index in [1.165, 1.54) is 22.3 Å². The average molecular weight is 475 g/mol. The zero-order valence-electron chi connectivity index (χ0n) is 19.6. The molecule has 4 unspecified atom stereocenters. The number of piperidine rings is 1. The van der Waals surface area contributed by atoms with Crippen molar-refractivity contribution in [2.24, 2.45) is 23.7 Å². The number of fused-ring (bicyclic) bond motifs is 4. The van der Waals surface area contributed by atoms with Crippen LogP contribution in [0.15, 0.2) is 48.5 Å². The summed E-state index contributed by atoms with van der Waals surface area (Å²) in [7, 11) is 0. The summed E-state index contributed by atoms with van der Waals surface area (Å²) >= 11 is 0. The third-order valence-corrected chi connectivity index (χ3v) is 8.37. The van der Waals surface area contributed by atoms with E-state index in [0.29, 0.717) is 19.0 Å². The van der Waals surface area contributed by atoms with E-state index in [2.05, 4.69) is 29.6 Å². The SMILES string of the molecule is O=C(NC(CC(=O)N1CCC2C(C1)C2C(=O)O)C1CC1)OCC1c2ccccc2-c2ccccc21. The minimum absolute atomic E-state index is 0.00354. The Balaban J connectivity index is 1.06. The molecule has 4 aliphatic rings. The second-order valence-electron chi connectivity index (χ2n) is 10.4. The van der Waals surface area contributed by atoms with Crippen LogP contribution in [0, 0.1) is 23.7 Å². The monoisotopic (exact) mass is 474 g/mol. The number of rotatable bonds is 7. The van der Waals surface area contributed by atoms with E-state index < -0.39 is 12.1 Å². The van der Waals surface area contributed by atoms with E-state index in [1.807, 2.05) is 24.3 Å². The lowest BCUT2D eigenvalue weighted by Gasteiger charge is -2.28. The van der Waals surface area contributed by atoms with Gasteiger partial charge >= 0.3 is 12.1 Å². The van der Waals surface area contributed by atoms with Gasteiger partial charge < -0.3 is 20.1 Å². The van der Waals surface area contributed by atoms with Gasteiger partial charge in [0.15, 0.2) is 0 Å². The molecule has 2 aromatic carbocycles. The molecule has 2 amide bonds. The van der Waals surface area contributed by atoms with Gasteiger partial charge in [0, 0.05) is 31.5 Å². The van der Waals surface area contributed by atoms with Crippen LogP contribution in [0.25, 0.3) is 11.1 Å². The molecule has 1 aliphatic heterocycles. The Hall–Kier alpha value is -3.35. The summed E-state index contributed by atoms with van der Waals surface area (Å²) in [6.07, 6.45) is 2.50. The predicted octanol–water partition coefficient (Wildman–Crippen LogP) is 3.87. The summed E-state index contributed by atoms with van der Waals surface area (Å²) in [4.78, 5) is 38.9. The Kier molecular flexibility index (Phi) is 5.50. The summed E-state index contributed by atoms with van der Waals surface area (Å²) in [6, 6.07) is 16.2. The molecule has 1 saturated heterocycles. The fraction of sp³-hybridized carbons (Fsp3) is 0.464. The lowest BCUT2D eigenvalue weighted by atomic mass is 9.98. The van der Waals surface area contributed by atoms with Gasteiger partial charge in [-0.3, -0.25) is 9.59 Å². The minimum atomic E-state index is -0.748. The largest absolute Gasteiger partial charge is 0.481 e. The highest BCUT2D eigenvalue weighted by Crippen LogP contribution is 2.51. The number of amides is 2. The number of hydrogen-bond donors (Lipinski definition) is 2. The molecule has 4 atom stereocenters. The van der Waals surface area contributed by atoms with Crippen molar-refractivity contribution in [1.29, 1.82) is 0 Å². The van der Waals surface area contributed by atoms with Crippen molar-refractivity contribution in [3.63, 3.8) is 0 Å².